The number of pyridine rings is 1. The fraction of sp³-hybridized carbons (Fsp3) is 0.583. The first kappa shape index (κ1) is 11.3. The minimum absolute atomic E-state index is 0.299. The molecule has 0 bridgehead atoms. The van der Waals surface area contributed by atoms with Crippen molar-refractivity contribution in [3.8, 4) is 0 Å². The Labute approximate surface area is 95.0 Å². The molecule has 16 heavy (non-hydrogen) atoms. The molecule has 1 unspecified atom stereocenters. The quantitative estimate of drug-likeness (QED) is 0.853. The second kappa shape index (κ2) is 5.80. The van der Waals surface area contributed by atoms with Gasteiger partial charge in [0.05, 0.1) is 6.10 Å². The lowest BCUT2D eigenvalue weighted by atomic mass is 10.1. The predicted octanol–water partition coefficient (Wildman–Crippen LogP) is 2.59. The van der Waals surface area contributed by atoms with E-state index in [0.717, 1.165) is 19.4 Å². The van der Waals surface area contributed by atoms with Crippen LogP contribution in [0.4, 0.5) is 10.2 Å². The summed E-state index contributed by atoms with van der Waals surface area (Å²) in [7, 11) is 0. The van der Waals surface area contributed by atoms with Crippen molar-refractivity contribution < 1.29 is 9.13 Å². The van der Waals surface area contributed by atoms with Crippen LogP contribution in [0, 0.1) is 5.82 Å². The molecule has 1 aromatic heterocycles. The number of nitrogens with zero attached hydrogens (tertiary/aromatic N) is 1. The molecule has 1 aliphatic heterocycles. The molecule has 1 aromatic rings. The van der Waals surface area contributed by atoms with Crippen LogP contribution < -0.4 is 5.32 Å². The lowest BCUT2D eigenvalue weighted by Crippen LogP contribution is -2.22. The van der Waals surface area contributed by atoms with Crippen LogP contribution >= 0.6 is 0 Å². The van der Waals surface area contributed by atoms with Crippen molar-refractivity contribution in [2.75, 3.05) is 18.5 Å². The molecule has 0 spiro atoms. The average molecular weight is 224 g/mol. The maximum atomic E-state index is 13.2. The Bertz CT molecular complexity index is 327. The van der Waals surface area contributed by atoms with Crippen molar-refractivity contribution in [2.24, 2.45) is 0 Å². The summed E-state index contributed by atoms with van der Waals surface area (Å²) < 4.78 is 18.8. The summed E-state index contributed by atoms with van der Waals surface area (Å²) in [5.74, 6) is 0.0328. The molecule has 2 heterocycles. The van der Waals surface area contributed by atoms with Gasteiger partial charge in [-0.25, -0.2) is 9.37 Å². The van der Waals surface area contributed by atoms with E-state index in [-0.39, 0.29) is 5.82 Å². The molecule has 1 saturated heterocycles. The Kier molecular flexibility index (Phi) is 4.10. The third-order valence-electron chi connectivity index (χ3n) is 2.79. The summed E-state index contributed by atoms with van der Waals surface area (Å²) in [6, 6.07) is 3.00. The van der Waals surface area contributed by atoms with Crippen LogP contribution in [0.1, 0.15) is 25.7 Å². The highest BCUT2D eigenvalue weighted by Crippen LogP contribution is 2.16. The van der Waals surface area contributed by atoms with Crippen molar-refractivity contribution in [3.63, 3.8) is 0 Å². The molecule has 1 atom stereocenters. The highest BCUT2D eigenvalue weighted by molar-refractivity contribution is 5.35. The van der Waals surface area contributed by atoms with Gasteiger partial charge in [-0.2, -0.15) is 0 Å². The molecule has 0 aliphatic carbocycles. The van der Waals surface area contributed by atoms with Crippen molar-refractivity contribution in [1.29, 1.82) is 0 Å². The molecule has 4 heteroatoms. The monoisotopic (exact) mass is 224 g/mol. The van der Waals surface area contributed by atoms with Gasteiger partial charge in [-0.05, 0) is 37.8 Å². The molecular formula is C12H17FN2O. The van der Waals surface area contributed by atoms with Crippen LogP contribution in [0.2, 0.25) is 0 Å². The summed E-state index contributed by atoms with van der Waals surface area (Å²) >= 11 is 0. The fourth-order valence-electron chi connectivity index (χ4n) is 1.90. The second-order valence-corrected chi connectivity index (χ2v) is 4.04. The Hall–Kier alpha value is -1.16. The standard InChI is InChI=1S/C12H17FN2O/c13-11-5-3-7-14-12(11)15-8-6-10-4-1-2-9-16-10/h3,5,7,10H,1-2,4,6,8-9H2,(H,14,15). The normalized spacial score (nSPS) is 20.7. The van der Waals surface area contributed by atoms with Crippen LogP contribution in [0.15, 0.2) is 18.3 Å². The van der Waals surface area contributed by atoms with E-state index in [2.05, 4.69) is 10.3 Å². The smallest absolute Gasteiger partial charge is 0.165 e. The minimum atomic E-state index is -0.299. The number of hydrogen-bond donors (Lipinski definition) is 1. The van der Waals surface area contributed by atoms with Gasteiger partial charge in [0.2, 0.25) is 0 Å². The van der Waals surface area contributed by atoms with Gasteiger partial charge in [-0.15, -0.1) is 0 Å². The van der Waals surface area contributed by atoms with Gasteiger partial charge in [0.1, 0.15) is 0 Å². The maximum Gasteiger partial charge on any atom is 0.165 e. The number of aromatic nitrogens is 1. The summed E-state index contributed by atoms with van der Waals surface area (Å²) in [5, 5.41) is 2.99. The lowest BCUT2D eigenvalue weighted by Gasteiger charge is -2.22. The van der Waals surface area contributed by atoms with Gasteiger partial charge in [0, 0.05) is 19.3 Å². The Morgan fingerprint density at radius 3 is 3.19 bits per heavy atom. The van der Waals surface area contributed by atoms with E-state index >= 15 is 0 Å². The number of rotatable bonds is 4. The Balaban J connectivity index is 1.73. The number of ether oxygens (including phenoxy) is 1. The van der Waals surface area contributed by atoms with Crippen molar-refractivity contribution in [3.05, 3.63) is 24.1 Å². The van der Waals surface area contributed by atoms with Crippen LogP contribution in [-0.4, -0.2) is 24.2 Å². The van der Waals surface area contributed by atoms with Crippen LogP contribution in [0.3, 0.4) is 0 Å². The van der Waals surface area contributed by atoms with E-state index < -0.39 is 0 Å². The van der Waals surface area contributed by atoms with Crippen molar-refractivity contribution >= 4 is 5.82 Å². The molecule has 1 aliphatic rings. The van der Waals surface area contributed by atoms with Crippen molar-refractivity contribution in [2.45, 2.75) is 31.8 Å². The lowest BCUT2D eigenvalue weighted by molar-refractivity contribution is 0.0134. The van der Waals surface area contributed by atoms with Gasteiger partial charge < -0.3 is 10.1 Å². The predicted molar refractivity (Wildman–Crippen MR) is 60.9 cm³/mol. The van der Waals surface area contributed by atoms with Crippen LogP contribution in [-0.2, 0) is 4.74 Å². The molecule has 88 valence electrons. The third kappa shape index (κ3) is 3.17. The number of anilines is 1. The van der Waals surface area contributed by atoms with Gasteiger partial charge in [-0.1, -0.05) is 0 Å². The highest BCUT2D eigenvalue weighted by atomic mass is 19.1. The molecule has 1 N–H and O–H groups in total. The summed E-state index contributed by atoms with van der Waals surface area (Å²) in [5.41, 5.74) is 0. The first-order valence-corrected chi connectivity index (χ1v) is 5.82. The first-order chi connectivity index (χ1) is 7.86. The zero-order valence-corrected chi connectivity index (χ0v) is 9.29. The molecule has 0 radical (unpaired) electrons. The molecule has 1 fully saturated rings. The Morgan fingerprint density at radius 1 is 1.50 bits per heavy atom. The maximum absolute atomic E-state index is 13.2. The third-order valence-corrected chi connectivity index (χ3v) is 2.79. The van der Waals surface area contributed by atoms with Crippen LogP contribution in [0.25, 0.3) is 0 Å². The van der Waals surface area contributed by atoms with E-state index in [1.54, 1.807) is 12.3 Å². The SMILES string of the molecule is Fc1cccnc1NCCC1CCCCO1. The molecular weight excluding hydrogens is 207 g/mol. The molecule has 2 rings (SSSR count). The van der Waals surface area contributed by atoms with Gasteiger partial charge in [0.25, 0.3) is 0 Å². The largest absolute Gasteiger partial charge is 0.378 e. The molecule has 0 amide bonds. The zero-order valence-electron chi connectivity index (χ0n) is 9.29. The minimum Gasteiger partial charge on any atom is -0.378 e. The summed E-state index contributed by atoms with van der Waals surface area (Å²) in [6.07, 6.45) is 6.35. The molecule has 3 nitrogen and oxygen atoms in total. The van der Waals surface area contributed by atoms with Gasteiger partial charge in [0.15, 0.2) is 11.6 Å². The summed E-state index contributed by atoms with van der Waals surface area (Å²) in [4.78, 5) is 3.93. The van der Waals surface area contributed by atoms with Gasteiger partial charge >= 0.3 is 0 Å². The Morgan fingerprint density at radius 2 is 2.44 bits per heavy atom. The summed E-state index contributed by atoms with van der Waals surface area (Å²) in [6.45, 7) is 1.57. The molecule has 0 saturated carbocycles. The van der Waals surface area contributed by atoms with E-state index in [1.807, 2.05) is 0 Å². The molecule has 0 aromatic carbocycles. The zero-order chi connectivity index (χ0) is 11.2. The first-order valence-electron chi connectivity index (χ1n) is 5.82. The number of hydrogen-bond acceptors (Lipinski definition) is 3. The van der Waals surface area contributed by atoms with E-state index in [4.69, 9.17) is 4.74 Å². The number of nitrogens with one attached hydrogen (secondary N) is 1. The fourth-order valence-corrected chi connectivity index (χ4v) is 1.90. The van der Waals surface area contributed by atoms with E-state index in [1.165, 1.54) is 18.9 Å². The highest BCUT2D eigenvalue weighted by Gasteiger charge is 2.13. The topological polar surface area (TPSA) is 34.2 Å². The van der Waals surface area contributed by atoms with E-state index in [0.29, 0.717) is 18.5 Å². The van der Waals surface area contributed by atoms with E-state index in [9.17, 15) is 4.39 Å². The second-order valence-electron chi connectivity index (χ2n) is 4.04. The van der Waals surface area contributed by atoms with Crippen molar-refractivity contribution in [1.82, 2.24) is 4.98 Å². The van der Waals surface area contributed by atoms with Gasteiger partial charge in [-0.3, -0.25) is 0 Å². The van der Waals surface area contributed by atoms with Crippen LogP contribution in [0.5, 0.6) is 0 Å². The number of halogens is 1. The average Bonchev–Trinajstić information content (AvgIpc) is 2.33.